The highest BCUT2D eigenvalue weighted by molar-refractivity contribution is 6.00. The molecular weight excluding hydrogens is 318 g/mol. The fourth-order valence-corrected chi connectivity index (χ4v) is 4.30. The van der Waals surface area contributed by atoms with Gasteiger partial charge in [0.2, 0.25) is 11.7 Å². The van der Waals surface area contributed by atoms with Gasteiger partial charge in [-0.3, -0.25) is 14.4 Å². The van der Waals surface area contributed by atoms with Gasteiger partial charge in [-0.25, -0.2) is 0 Å². The summed E-state index contributed by atoms with van der Waals surface area (Å²) in [5.74, 6) is 1.24. The number of fused-ring (bicyclic) bond motifs is 2. The van der Waals surface area contributed by atoms with Crippen LogP contribution in [-0.2, 0) is 14.3 Å². The number of hydrogen-bond acceptors (Lipinski definition) is 4. The summed E-state index contributed by atoms with van der Waals surface area (Å²) in [4.78, 5) is 35.6. The number of esters is 1. The van der Waals surface area contributed by atoms with Crippen molar-refractivity contribution >= 4 is 23.3 Å². The molecule has 0 saturated heterocycles. The Morgan fingerprint density at radius 1 is 1.16 bits per heavy atom. The minimum Gasteiger partial charge on any atom is -0.454 e. The Kier molecular flexibility index (Phi) is 5.21. The fourth-order valence-electron chi connectivity index (χ4n) is 4.30. The molecule has 0 aliphatic heterocycles. The van der Waals surface area contributed by atoms with Gasteiger partial charge in [0.05, 0.1) is 0 Å². The second-order valence-electron chi connectivity index (χ2n) is 7.39. The largest absolute Gasteiger partial charge is 0.454 e. The number of hydrogen-bond donors (Lipinski definition) is 1. The van der Waals surface area contributed by atoms with Crippen LogP contribution in [0.15, 0.2) is 24.3 Å². The van der Waals surface area contributed by atoms with Crippen LogP contribution < -0.4 is 5.32 Å². The van der Waals surface area contributed by atoms with Gasteiger partial charge >= 0.3 is 5.97 Å². The highest BCUT2D eigenvalue weighted by Crippen LogP contribution is 2.49. The van der Waals surface area contributed by atoms with Crippen molar-refractivity contribution < 1.29 is 19.1 Å². The van der Waals surface area contributed by atoms with Gasteiger partial charge < -0.3 is 10.1 Å². The number of nitrogens with one attached hydrogen (secondary N) is 1. The average Bonchev–Trinajstić information content (AvgIpc) is 3.17. The molecule has 2 aliphatic rings. The summed E-state index contributed by atoms with van der Waals surface area (Å²) in [6.45, 7) is 3.04. The number of carbonyl (C=O) groups is 3. The lowest BCUT2D eigenvalue weighted by atomic mass is 9.86. The molecule has 134 valence electrons. The van der Waals surface area contributed by atoms with Crippen molar-refractivity contribution in [1.29, 1.82) is 0 Å². The monoisotopic (exact) mass is 343 g/mol. The van der Waals surface area contributed by atoms with Crippen molar-refractivity contribution in [3.05, 3.63) is 29.8 Å². The Labute approximate surface area is 148 Å². The number of amides is 1. The van der Waals surface area contributed by atoms with Crippen LogP contribution in [0.2, 0.25) is 0 Å². The Balaban J connectivity index is 1.51. The highest BCUT2D eigenvalue weighted by Gasteiger charge is 2.40. The van der Waals surface area contributed by atoms with Gasteiger partial charge in [0, 0.05) is 24.6 Å². The molecule has 1 N–H and O–H groups in total. The summed E-state index contributed by atoms with van der Waals surface area (Å²) in [6, 6.07) is 6.60. The number of ketones is 1. The van der Waals surface area contributed by atoms with Gasteiger partial charge in [-0.2, -0.15) is 0 Å². The predicted molar refractivity (Wildman–Crippen MR) is 94.2 cm³/mol. The number of Topliss-reactive ketones (excluding diaryl/α,β-unsaturated/α-hetero) is 1. The smallest absolute Gasteiger partial charge is 0.306 e. The topological polar surface area (TPSA) is 72.5 Å². The lowest BCUT2D eigenvalue weighted by molar-refractivity contribution is -0.147. The Morgan fingerprint density at radius 2 is 1.88 bits per heavy atom. The Morgan fingerprint density at radius 3 is 2.44 bits per heavy atom. The summed E-state index contributed by atoms with van der Waals surface area (Å²) in [7, 11) is 0. The molecule has 0 aromatic heterocycles. The minimum atomic E-state index is -0.794. The molecule has 5 nitrogen and oxygen atoms in total. The van der Waals surface area contributed by atoms with Crippen LogP contribution >= 0.6 is 0 Å². The Bertz CT molecular complexity index is 667. The van der Waals surface area contributed by atoms with E-state index >= 15 is 0 Å². The minimum absolute atomic E-state index is 0.165. The third kappa shape index (κ3) is 4.27. The number of anilines is 1. The second kappa shape index (κ2) is 7.38. The molecule has 25 heavy (non-hydrogen) atoms. The number of ether oxygens (including phenoxy) is 1. The molecule has 0 heterocycles. The third-order valence-corrected chi connectivity index (χ3v) is 5.48. The van der Waals surface area contributed by atoms with Crippen LogP contribution in [0, 0.1) is 17.8 Å². The molecule has 2 fully saturated rings. The van der Waals surface area contributed by atoms with Crippen LogP contribution in [0.4, 0.5) is 5.69 Å². The predicted octanol–water partition coefficient (Wildman–Crippen LogP) is 3.59. The lowest BCUT2D eigenvalue weighted by Gasteiger charge is -2.21. The van der Waals surface area contributed by atoms with E-state index in [0.29, 0.717) is 29.5 Å². The SMILES string of the molecule is CC(=O)Nc1ccc(C(=O)[C@@H](C)OC(=O)C[C@@H]2C[C@H]3CC[C@H]2C3)cc1. The molecule has 2 aliphatic carbocycles. The second-order valence-corrected chi connectivity index (χ2v) is 7.39. The van der Waals surface area contributed by atoms with Gasteiger partial charge in [0.25, 0.3) is 0 Å². The average molecular weight is 343 g/mol. The quantitative estimate of drug-likeness (QED) is 0.633. The van der Waals surface area contributed by atoms with Gasteiger partial charge in [-0.15, -0.1) is 0 Å². The zero-order valence-electron chi connectivity index (χ0n) is 14.8. The van der Waals surface area contributed by atoms with Crippen molar-refractivity contribution in [1.82, 2.24) is 0 Å². The normalized spacial score (nSPS) is 25.4. The summed E-state index contributed by atoms with van der Waals surface area (Å²) in [5, 5.41) is 2.65. The van der Waals surface area contributed by atoms with Crippen molar-refractivity contribution in [2.24, 2.45) is 17.8 Å². The van der Waals surface area contributed by atoms with Crippen molar-refractivity contribution in [2.75, 3.05) is 5.32 Å². The van der Waals surface area contributed by atoms with Crippen LogP contribution in [0.5, 0.6) is 0 Å². The van der Waals surface area contributed by atoms with Gasteiger partial charge in [0.15, 0.2) is 6.10 Å². The summed E-state index contributed by atoms with van der Waals surface area (Å²) in [5.41, 5.74) is 1.10. The van der Waals surface area contributed by atoms with E-state index in [1.165, 1.54) is 26.2 Å². The van der Waals surface area contributed by atoms with Crippen molar-refractivity contribution in [3.63, 3.8) is 0 Å². The zero-order chi connectivity index (χ0) is 18.0. The molecule has 2 bridgehead atoms. The molecular formula is C20H25NO4. The highest BCUT2D eigenvalue weighted by atomic mass is 16.5. The third-order valence-electron chi connectivity index (χ3n) is 5.48. The molecule has 1 aromatic carbocycles. The van der Waals surface area contributed by atoms with E-state index in [-0.39, 0.29) is 17.7 Å². The van der Waals surface area contributed by atoms with Crippen LogP contribution in [0.3, 0.4) is 0 Å². The van der Waals surface area contributed by atoms with Gasteiger partial charge in [-0.05, 0) is 68.2 Å². The zero-order valence-corrected chi connectivity index (χ0v) is 14.8. The van der Waals surface area contributed by atoms with E-state index < -0.39 is 6.10 Å². The van der Waals surface area contributed by atoms with Crippen LogP contribution in [0.25, 0.3) is 0 Å². The fraction of sp³-hybridized carbons (Fsp3) is 0.550. The van der Waals surface area contributed by atoms with Crippen molar-refractivity contribution in [3.8, 4) is 0 Å². The maximum atomic E-state index is 12.4. The van der Waals surface area contributed by atoms with E-state index in [9.17, 15) is 14.4 Å². The van der Waals surface area contributed by atoms with Crippen LogP contribution in [0.1, 0.15) is 56.3 Å². The molecule has 1 aromatic rings. The van der Waals surface area contributed by atoms with E-state index in [2.05, 4.69) is 5.32 Å². The van der Waals surface area contributed by atoms with E-state index in [0.717, 1.165) is 12.3 Å². The summed E-state index contributed by atoms with van der Waals surface area (Å²) < 4.78 is 5.37. The molecule has 0 spiro atoms. The van der Waals surface area contributed by atoms with E-state index in [4.69, 9.17) is 4.74 Å². The summed E-state index contributed by atoms with van der Waals surface area (Å²) >= 11 is 0. The first-order chi connectivity index (χ1) is 11.9. The molecule has 0 radical (unpaired) electrons. The lowest BCUT2D eigenvalue weighted by Crippen LogP contribution is -2.26. The van der Waals surface area contributed by atoms with Crippen molar-refractivity contribution in [2.45, 2.75) is 52.1 Å². The number of carbonyl (C=O) groups excluding carboxylic acids is 3. The molecule has 5 heteroatoms. The summed E-state index contributed by atoms with van der Waals surface area (Å²) in [6.07, 6.45) is 4.56. The van der Waals surface area contributed by atoms with E-state index in [1.54, 1.807) is 31.2 Å². The Hall–Kier alpha value is -2.17. The van der Waals surface area contributed by atoms with Gasteiger partial charge in [-0.1, -0.05) is 6.42 Å². The first-order valence-corrected chi connectivity index (χ1v) is 9.03. The standard InChI is InChI=1S/C20H25NO4/c1-12(20(24)15-5-7-18(8-6-15)21-13(2)22)25-19(23)11-17-10-14-3-4-16(17)9-14/h5-8,12,14,16-17H,3-4,9-11H2,1-2H3,(H,21,22)/t12-,14+,16+,17+/m1/s1. The molecule has 1 amide bonds. The molecule has 2 saturated carbocycles. The number of rotatable bonds is 6. The maximum absolute atomic E-state index is 12.4. The van der Waals surface area contributed by atoms with Crippen LogP contribution in [-0.4, -0.2) is 23.8 Å². The maximum Gasteiger partial charge on any atom is 0.306 e. The molecule has 3 rings (SSSR count). The number of benzene rings is 1. The molecule has 0 unspecified atom stereocenters. The first-order valence-electron chi connectivity index (χ1n) is 9.03. The molecule has 4 atom stereocenters. The first kappa shape index (κ1) is 17.6. The van der Waals surface area contributed by atoms with Gasteiger partial charge in [0.1, 0.15) is 0 Å². The van der Waals surface area contributed by atoms with E-state index in [1.807, 2.05) is 0 Å².